The first-order valence-corrected chi connectivity index (χ1v) is 11.4. The third kappa shape index (κ3) is 3.10. The highest BCUT2D eigenvalue weighted by molar-refractivity contribution is 5.97. The maximum Gasteiger partial charge on any atom is 0.276 e. The van der Waals surface area contributed by atoms with Crippen LogP contribution in [0.25, 0.3) is 0 Å². The average Bonchev–Trinajstić information content (AvgIpc) is 3.69. The molecule has 166 valence electrons. The fourth-order valence-electron chi connectivity index (χ4n) is 5.28. The van der Waals surface area contributed by atoms with E-state index in [0.717, 1.165) is 44.1 Å². The van der Waals surface area contributed by atoms with Gasteiger partial charge in [0.15, 0.2) is 0 Å². The average molecular weight is 435 g/mol. The summed E-state index contributed by atoms with van der Waals surface area (Å²) in [7, 11) is 0. The molecule has 3 aliphatic carbocycles. The molecule has 4 aliphatic rings. The molecular formula is C23H26N6O3. The zero-order chi connectivity index (χ0) is 22.1. The number of rotatable bonds is 4. The molecule has 0 atom stereocenters. The molecule has 0 aromatic carbocycles. The van der Waals surface area contributed by atoms with Crippen molar-refractivity contribution in [2.45, 2.75) is 64.0 Å². The number of anilines is 3. The highest BCUT2D eigenvalue weighted by Gasteiger charge is 2.54. The fraction of sp³-hybridized carbons (Fsp3) is 0.522. The Kier molecular flexibility index (Phi) is 4.03. The highest BCUT2D eigenvalue weighted by atomic mass is 16.2. The van der Waals surface area contributed by atoms with Crippen molar-refractivity contribution in [3.63, 3.8) is 0 Å². The lowest BCUT2D eigenvalue weighted by Gasteiger charge is -2.39. The van der Waals surface area contributed by atoms with E-state index in [-0.39, 0.29) is 23.3 Å². The van der Waals surface area contributed by atoms with E-state index >= 15 is 0 Å². The molecule has 6 rings (SSSR count). The van der Waals surface area contributed by atoms with Gasteiger partial charge in [0.2, 0.25) is 5.91 Å². The maximum absolute atomic E-state index is 13.6. The lowest BCUT2D eigenvalue weighted by molar-refractivity contribution is -0.117. The van der Waals surface area contributed by atoms with Crippen molar-refractivity contribution in [1.82, 2.24) is 19.9 Å². The molecule has 0 radical (unpaired) electrons. The standard InChI is InChI=1S/C23H26N6O3/c1-13-10-15(26-16-11-17(25-12-24-16)27-19(30)14-2-3-14)21(32)29-18(13)20(31)28-23(29)8-6-22(4-5-22)7-9-23/h10-12,14H,2-9H2,1H3,(H,28,31)(H2,24,25,26,27,30). The van der Waals surface area contributed by atoms with E-state index in [1.54, 1.807) is 16.7 Å². The molecule has 9 heteroatoms. The van der Waals surface area contributed by atoms with Gasteiger partial charge in [-0.3, -0.25) is 19.0 Å². The minimum absolute atomic E-state index is 0.0413. The molecule has 3 saturated carbocycles. The minimum Gasteiger partial charge on any atom is -0.336 e. The van der Waals surface area contributed by atoms with E-state index in [4.69, 9.17) is 0 Å². The molecule has 2 amide bonds. The largest absolute Gasteiger partial charge is 0.336 e. The van der Waals surface area contributed by atoms with Crippen molar-refractivity contribution < 1.29 is 9.59 Å². The fourth-order valence-corrected chi connectivity index (χ4v) is 5.28. The summed E-state index contributed by atoms with van der Waals surface area (Å²) in [5, 5.41) is 9.03. The normalized spacial score (nSPS) is 21.8. The van der Waals surface area contributed by atoms with Gasteiger partial charge in [-0.25, -0.2) is 9.97 Å². The van der Waals surface area contributed by atoms with Crippen LogP contribution >= 0.6 is 0 Å². The number of hydrogen-bond donors (Lipinski definition) is 3. The van der Waals surface area contributed by atoms with Crippen LogP contribution in [-0.2, 0) is 10.5 Å². The topological polar surface area (TPSA) is 118 Å². The van der Waals surface area contributed by atoms with Gasteiger partial charge in [-0.1, -0.05) is 0 Å². The second-order valence-electron chi connectivity index (χ2n) is 9.89. The van der Waals surface area contributed by atoms with Crippen LogP contribution in [0.4, 0.5) is 17.3 Å². The summed E-state index contributed by atoms with van der Waals surface area (Å²) >= 11 is 0. The van der Waals surface area contributed by atoms with Crippen LogP contribution in [-0.4, -0.2) is 26.3 Å². The third-order valence-corrected chi connectivity index (χ3v) is 7.60. The van der Waals surface area contributed by atoms with Crippen LogP contribution in [0.1, 0.15) is 67.4 Å². The first-order valence-electron chi connectivity index (χ1n) is 11.4. The quantitative estimate of drug-likeness (QED) is 0.681. The van der Waals surface area contributed by atoms with Crippen LogP contribution in [0.5, 0.6) is 0 Å². The Morgan fingerprint density at radius 1 is 1.06 bits per heavy atom. The first-order chi connectivity index (χ1) is 15.4. The van der Waals surface area contributed by atoms with Crippen molar-refractivity contribution in [2.75, 3.05) is 10.6 Å². The number of aryl methyl sites for hydroxylation is 1. The van der Waals surface area contributed by atoms with Gasteiger partial charge >= 0.3 is 0 Å². The van der Waals surface area contributed by atoms with Gasteiger partial charge in [-0.05, 0) is 75.3 Å². The van der Waals surface area contributed by atoms with Gasteiger partial charge in [-0.15, -0.1) is 0 Å². The van der Waals surface area contributed by atoms with Gasteiger partial charge in [0.1, 0.15) is 35.0 Å². The highest BCUT2D eigenvalue weighted by Crippen LogP contribution is 2.59. The molecule has 0 saturated heterocycles. The van der Waals surface area contributed by atoms with Crippen LogP contribution in [0.3, 0.4) is 0 Å². The second kappa shape index (κ2) is 6.63. The molecule has 3 fully saturated rings. The van der Waals surface area contributed by atoms with Gasteiger partial charge in [0.25, 0.3) is 11.5 Å². The number of aromatic nitrogens is 3. The van der Waals surface area contributed by atoms with E-state index in [2.05, 4.69) is 25.9 Å². The van der Waals surface area contributed by atoms with Gasteiger partial charge in [0.05, 0.1) is 0 Å². The Hall–Kier alpha value is -3.23. The molecule has 2 spiro atoms. The zero-order valence-corrected chi connectivity index (χ0v) is 18.0. The number of amides is 2. The Bertz CT molecular complexity index is 1200. The summed E-state index contributed by atoms with van der Waals surface area (Å²) in [6.45, 7) is 1.85. The van der Waals surface area contributed by atoms with Crippen molar-refractivity contribution in [3.05, 3.63) is 40.1 Å². The monoisotopic (exact) mass is 434 g/mol. The van der Waals surface area contributed by atoms with Gasteiger partial charge < -0.3 is 16.0 Å². The predicted octanol–water partition coefficient (Wildman–Crippen LogP) is 2.79. The Balaban J connectivity index is 1.32. The Labute approximate surface area is 185 Å². The molecule has 0 bridgehead atoms. The maximum atomic E-state index is 13.6. The molecule has 3 N–H and O–H groups in total. The molecule has 1 aliphatic heterocycles. The summed E-state index contributed by atoms with van der Waals surface area (Å²) in [5.41, 5.74) is 1.10. The van der Waals surface area contributed by atoms with E-state index in [1.165, 1.54) is 19.2 Å². The third-order valence-electron chi connectivity index (χ3n) is 7.60. The van der Waals surface area contributed by atoms with Crippen molar-refractivity contribution >= 4 is 29.1 Å². The lowest BCUT2D eigenvalue weighted by Crippen LogP contribution is -2.50. The zero-order valence-electron chi connectivity index (χ0n) is 18.0. The predicted molar refractivity (Wildman–Crippen MR) is 118 cm³/mol. The molecule has 2 aromatic rings. The lowest BCUT2D eigenvalue weighted by atomic mass is 9.79. The molecule has 32 heavy (non-hydrogen) atoms. The van der Waals surface area contributed by atoms with E-state index in [9.17, 15) is 14.4 Å². The summed E-state index contributed by atoms with van der Waals surface area (Å²) in [6, 6.07) is 3.31. The summed E-state index contributed by atoms with van der Waals surface area (Å²) in [5.74, 6) is 0.657. The smallest absolute Gasteiger partial charge is 0.276 e. The number of nitrogens with one attached hydrogen (secondary N) is 3. The second-order valence-corrected chi connectivity index (χ2v) is 9.89. The number of nitrogens with zero attached hydrogens (tertiary/aromatic N) is 3. The van der Waals surface area contributed by atoms with Crippen LogP contribution in [0, 0.1) is 18.3 Å². The van der Waals surface area contributed by atoms with Crippen molar-refractivity contribution in [1.29, 1.82) is 0 Å². The number of fused-ring (bicyclic) bond motifs is 2. The Morgan fingerprint density at radius 2 is 1.75 bits per heavy atom. The van der Waals surface area contributed by atoms with E-state index in [0.29, 0.717) is 28.4 Å². The number of pyridine rings is 1. The van der Waals surface area contributed by atoms with Crippen LogP contribution in [0.2, 0.25) is 0 Å². The molecule has 9 nitrogen and oxygen atoms in total. The van der Waals surface area contributed by atoms with E-state index < -0.39 is 5.66 Å². The minimum atomic E-state index is -0.644. The van der Waals surface area contributed by atoms with Gasteiger partial charge in [-0.2, -0.15) is 0 Å². The van der Waals surface area contributed by atoms with Crippen LogP contribution in [0.15, 0.2) is 23.3 Å². The summed E-state index contributed by atoms with van der Waals surface area (Å²) < 4.78 is 1.68. The van der Waals surface area contributed by atoms with E-state index in [1.807, 2.05) is 6.92 Å². The molecule has 0 unspecified atom stereocenters. The first kappa shape index (κ1) is 19.5. The van der Waals surface area contributed by atoms with Crippen LogP contribution < -0.4 is 21.5 Å². The summed E-state index contributed by atoms with van der Waals surface area (Å²) in [4.78, 5) is 46.7. The number of hydrogen-bond acceptors (Lipinski definition) is 6. The molecular weight excluding hydrogens is 408 g/mol. The Morgan fingerprint density at radius 3 is 2.44 bits per heavy atom. The molecule has 3 heterocycles. The summed E-state index contributed by atoms with van der Waals surface area (Å²) in [6.07, 6.45) is 9.30. The van der Waals surface area contributed by atoms with Crippen molar-refractivity contribution in [3.8, 4) is 0 Å². The van der Waals surface area contributed by atoms with Gasteiger partial charge in [0, 0.05) is 12.0 Å². The van der Waals surface area contributed by atoms with Crippen molar-refractivity contribution in [2.24, 2.45) is 11.3 Å². The number of carbonyl (C=O) groups is 2. The molecule has 2 aromatic heterocycles. The number of carbonyl (C=O) groups excluding carboxylic acids is 2. The SMILES string of the molecule is Cc1cc(Nc2cc(NC(=O)C3CC3)ncn2)c(=O)n2c1C(=O)NC21CCC2(CC2)CC1.